The molecular formula is C21H16BrNO7S. The zero-order chi connectivity index (χ0) is 22.3. The Bertz CT molecular complexity index is 1480. The van der Waals surface area contributed by atoms with Crippen LogP contribution in [0.2, 0.25) is 0 Å². The molecule has 0 aliphatic carbocycles. The monoisotopic (exact) mass is 505 g/mol. The normalized spacial score (nSPS) is 11.6. The van der Waals surface area contributed by atoms with Gasteiger partial charge < -0.3 is 19.0 Å². The van der Waals surface area contributed by atoms with E-state index in [4.69, 9.17) is 13.9 Å². The first-order valence-corrected chi connectivity index (χ1v) is 11.2. The molecule has 0 unspecified atom stereocenters. The second kappa shape index (κ2) is 7.78. The predicted molar refractivity (Wildman–Crippen MR) is 120 cm³/mol. The number of halogens is 1. The summed E-state index contributed by atoms with van der Waals surface area (Å²) in [6, 6.07) is 12.1. The standard InChI is InChI=1S/C21H16BrNO7S/c1-28-14-4-3-5-15-17(14)19(24)18-16(30-15)10-13(21(29-2)20(18)25)23-31(26,27)12-8-6-11(22)7-9-12/h3-10,23,25H,1-2H3. The van der Waals surface area contributed by atoms with Crippen LogP contribution in [0.4, 0.5) is 5.69 Å². The van der Waals surface area contributed by atoms with Gasteiger partial charge in [-0.1, -0.05) is 22.0 Å². The van der Waals surface area contributed by atoms with Gasteiger partial charge in [-0.2, -0.15) is 0 Å². The predicted octanol–water partition coefficient (Wildman–Crippen LogP) is 4.23. The van der Waals surface area contributed by atoms with Crippen molar-refractivity contribution < 1.29 is 27.4 Å². The third kappa shape index (κ3) is 3.57. The molecule has 8 nitrogen and oxygen atoms in total. The van der Waals surface area contributed by atoms with Crippen molar-refractivity contribution in [1.29, 1.82) is 0 Å². The average molecular weight is 506 g/mol. The van der Waals surface area contributed by atoms with Gasteiger partial charge in [-0.15, -0.1) is 0 Å². The summed E-state index contributed by atoms with van der Waals surface area (Å²) >= 11 is 3.26. The van der Waals surface area contributed by atoms with Gasteiger partial charge in [0, 0.05) is 10.5 Å². The molecule has 160 valence electrons. The highest BCUT2D eigenvalue weighted by molar-refractivity contribution is 9.10. The first-order valence-electron chi connectivity index (χ1n) is 8.88. The Morgan fingerprint density at radius 1 is 1.00 bits per heavy atom. The number of rotatable bonds is 5. The van der Waals surface area contributed by atoms with Crippen LogP contribution < -0.4 is 19.6 Å². The fourth-order valence-electron chi connectivity index (χ4n) is 3.26. The molecule has 31 heavy (non-hydrogen) atoms. The number of hydrogen-bond acceptors (Lipinski definition) is 7. The number of anilines is 1. The minimum Gasteiger partial charge on any atom is -0.504 e. The molecule has 0 bridgehead atoms. The summed E-state index contributed by atoms with van der Waals surface area (Å²) in [5, 5.41) is 10.8. The van der Waals surface area contributed by atoms with Crippen LogP contribution in [-0.2, 0) is 10.0 Å². The van der Waals surface area contributed by atoms with E-state index in [-0.39, 0.29) is 44.0 Å². The molecule has 0 atom stereocenters. The van der Waals surface area contributed by atoms with E-state index < -0.39 is 21.2 Å². The molecular weight excluding hydrogens is 490 g/mol. The Hall–Kier alpha value is -3.24. The number of fused-ring (bicyclic) bond motifs is 2. The molecule has 4 rings (SSSR count). The van der Waals surface area contributed by atoms with Crippen LogP contribution in [-0.4, -0.2) is 27.7 Å². The second-order valence-corrected chi connectivity index (χ2v) is 9.10. The van der Waals surface area contributed by atoms with Crippen molar-refractivity contribution in [2.75, 3.05) is 18.9 Å². The van der Waals surface area contributed by atoms with E-state index in [1.165, 1.54) is 32.4 Å². The third-order valence-corrected chi connectivity index (χ3v) is 6.58. The molecule has 0 radical (unpaired) electrons. The van der Waals surface area contributed by atoms with Gasteiger partial charge in [0.2, 0.25) is 5.43 Å². The molecule has 0 fully saturated rings. The van der Waals surface area contributed by atoms with E-state index in [0.717, 1.165) is 4.47 Å². The number of aromatic hydroxyl groups is 1. The Morgan fingerprint density at radius 2 is 1.71 bits per heavy atom. The Balaban J connectivity index is 1.96. The first-order chi connectivity index (χ1) is 14.8. The van der Waals surface area contributed by atoms with Gasteiger partial charge >= 0.3 is 0 Å². The Kier molecular flexibility index (Phi) is 5.28. The van der Waals surface area contributed by atoms with Crippen LogP contribution in [0.3, 0.4) is 0 Å². The lowest BCUT2D eigenvalue weighted by atomic mass is 10.1. The summed E-state index contributed by atoms with van der Waals surface area (Å²) in [5.41, 5.74) is -0.409. The highest BCUT2D eigenvalue weighted by Crippen LogP contribution is 2.42. The van der Waals surface area contributed by atoms with Crippen molar-refractivity contribution in [3.05, 3.63) is 63.2 Å². The molecule has 0 spiro atoms. The zero-order valence-electron chi connectivity index (χ0n) is 16.3. The molecule has 10 heteroatoms. The maximum atomic E-state index is 13.1. The largest absolute Gasteiger partial charge is 0.504 e. The van der Waals surface area contributed by atoms with Crippen LogP contribution in [0, 0.1) is 0 Å². The topological polar surface area (TPSA) is 115 Å². The highest BCUT2D eigenvalue weighted by atomic mass is 79.9. The van der Waals surface area contributed by atoms with Crippen molar-refractivity contribution >= 4 is 53.6 Å². The molecule has 1 aromatic heterocycles. The SMILES string of the molecule is COc1c(NS(=O)(=O)c2ccc(Br)cc2)cc2oc3cccc(OC)c3c(=O)c2c1O. The highest BCUT2D eigenvalue weighted by Gasteiger charge is 2.24. The number of sulfonamides is 1. The van der Waals surface area contributed by atoms with Crippen LogP contribution >= 0.6 is 15.9 Å². The molecule has 3 aromatic carbocycles. The maximum Gasteiger partial charge on any atom is 0.262 e. The van der Waals surface area contributed by atoms with Gasteiger partial charge in [0.1, 0.15) is 27.7 Å². The minimum absolute atomic E-state index is 0.00189. The molecule has 0 aliphatic rings. The molecule has 0 saturated heterocycles. The number of ether oxygens (including phenoxy) is 2. The third-order valence-electron chi connectivity index (χ3n) is 4.67. The smallest absolute Gasteiger partial charge is 0.262 e. The summed E-state index contributed by atoms with van der Waals surface area (Å²) in [7, 11) is -1.35. The summed E-state index contributed by atoms with van der Waals surface area (Å²) < 4.78 is 45.0. The van der Waals surface area contributed by atoms with E-state index in [0.29, 0.717) is 0 Å². The number of hydrogen-bond donors (Lipinski definition) is 2. The number of benzene rings is 3. The van der Waals surface area contributed by atoms with Crippen molar-refractivity contribution in [1.82, 2.24) is 0 Å². The number of phenolic OH excluding ortho intramolecular Hbond substituents is 1. The molecule has 1 heterocycles. The fraction of sp³-hybridized carbons (Fsp3) is 0.0952. The van der Waals surface area contributed by atoms with Gasteiger partial charge in [-0.25, -0.2) is 8.42 Å². The van der Waals surface area contributed by atoms with Crippen LogP contribution in [0.15, 0.2) is 67.1 Å². The minimum atomic E-state index is -4.01. The number of nitrogens with one attached hydrogen (secondary N) is 1. The van der Waals surface area contributed by atoms with E-state index in [1.807, 2.05) is 0 Å². The number of phenols is 1. The van der Waals surface area contributed by atoms with Gasteiger partial charge in [0.25, 0.3) is 10.0 Å². The zero-order valence-corrected chi connectivity index (χ0v) is 18.7. The molecule has 2 N–H and O–H groups in total. The first kappa shape index (κ1) is 21.0. The van der Waals surface area contributed by atoms with Gasteiger partial charge in [0.15, 0.2) is 11.5 Å². The summed E-state index contributed by atoms with van der Waals surface area (Å²) in [6.07, 6.45) is 0. The van der Waals surface area contributed by atoms with Crippen molar-refractivity contribution in [2.24, 2.45) is 0 Å². The lowest BCUT2D eigenvalue weighted by Gasteiger charge is -2.15. The van der Waals surface area contributed by atoms with Crippen molar-refractivity contribution in [3.8, 4) is 17.2 Å². The van der Waals surface area contributed by atoms with Gasteiger partial charge in [-0.05, 0) is 36.4 Å². The van der Waals surface area contributed by atoms with Crippen molar-refractivity contribution in [2.45, 2.75) is 4.90 Å². The Labute approximate surface area is 185 Å². The van der Waals surface area contributed by atoms with Gasteiger partial charge in [-0.3, -0.25) is 9.52 Å². The fourth-order valence-corrected chi connectivity index (χ4v) is 4.58. The van der Waals surface area contributed by atoms with E-state index in [9.17, 15) is 18.3 Å². The van der Waals surface area contributed by atoms with E-state index in [1.54, 1.807) is 30.3 Å². The van der Waals surface area contributed by atoms with Crippen LogP contribution in [0.1, 0.15) is 0 Å². The van der Waals surface area contributed by atoms with E-state index in [2.05, 4.69) is 20.7 Å². The summed E-state index contributed by atoms with van der Waals surface area (Å²) in [4.78, 5) is 13.1. The molecule has 0 amide bonds. The van der Waals surface area contributed by atoms with Crippen molar-refractivity contribution in [3.63, 3.8) is 0 Å². The number of methoxy groups -OCH3 is 2. The average Bonchev–Trinajstić information content (AvgIpc) is 2.73. The van der Waals surface area contributed by atoms with Gasteiger partial charge in [0.05, 0.1) is 24.8 Å². The van der Waals surface area contributed by atoms with E-state index >= 15 is 0 Å². The molecule has 0 aliphatic heterocycles. The maximum absolute atomic E-state index is 13.1. The lowest BCUT2D eigenvalue weighted by molar-refractivity contribution is 0.378. The summed E-state index contributed by atoms with van der Waals surface area (Å²) in [6.45, 7) is 0. The Morgan fingerprint density at radius 3 is 2.35 bits per heavy atom. The molecule has 4 aromatic rings. The molecule has 0 saturated carbocycles. The van der Waals surface area contributed by atoms with Crippen LogP contribution in [0.5, 0.6) is 17.2 Å². The second-order valence-electron chi connectivity index (χ2n) is 6.50. The quantitative estimate of drug-likeness (QED) is 0.390. The van der Waals surface area contributed by atoms with Crippen LogP contribution in [0.25, 0.3) is 21.9 Å². The summed E-state index contributed by atoms with van der Waals surface area (Å²) in [5.74, 6) is -0.476. The lowest BCUT2D eigenvalue weighted by Crippen LogP contribution is -2.14.